The van der Waals surface area contributed by atoms with Crippen molar-refractivity contribution in [2.75, 3.05) is 25.0 Å². The van der Waals surface area contributed by atoms with Crippen LogP contribution >= 0.6 is 0 Å². The number of aryl methyl sites for hydroxylation is 1. The number of nitrogens with one attached hydrogen (secondary N) is 1. The first kappa shape index (κ1) is 12.4. The van der Waals surface area contributed by atoms with Gasteiger partial charge < -0.3 is 10.2 Å². The lowest BCUT2D eigenvalue weighted by Gasteiger charge is -2.33. The molecule has 1 fully saturated rings. The zero-order chi connectivity index (χ0) is 12.3. The Kier molecular flexibility index (Phi) is 4.06. The van der Waals surface area contributed by atoms with Gasteiger partial charge in [0.15, 0.2) is 0 Å². The molecule has 0 spiro atoms. The maximum Gasteiger partial charge on any atom is 0.0412 e. The van der Waals surface area contributed by atoms with Crippen LogP contribution in [0.2, 0.25) is 0 Å². The first-order chi connectivity index (χ1) is 8.20. The molecule has 1 aliphatic rings. The molecular formula is C15H24N2. The van der Waals surface area contributed by atoms with Gasteiger partial charge in [-0.2, -0.15) is 0 Å². The SMILES string of the molecule is CNCc1cc(C)ccc1N1CCC(C)CC1. The first-order valence-electron chi connectivity index (χ1n) is 6.70. The Morgan fingerprint density at radius 2 is 2.00 bits per heavy atom. The van der Waals surface area contributed by atoms with E-state index < -0.39 is 0 Å². The number of rotatable bonds is 3. The van der Waals surface area contributed by atoms with Crippen LogP contribution in [0, 0.1) is 12.8 Å². The zero-order valence-corrected chi connectivity index (χ0v) is 11.3. The monoisotopic (exact) mass is 232 g/mol. The smallest absolute Gasteiger partial charge is 0.0412 e. The summed E-state index contributed by atoms with van der Waals surface area (Å²) in [6, 6.07) is 6.83. The van der Waals surface area contributed by atoms with E-state index in [1.165, 1.54) is 42.7 Å². The van der Waals surface area contributed by atoms with Crippen molar-refractivity contribution in [3.05, 3.63) is 29.3 Å². The normalized spacial score (nSPS) is 17.5. The molecule has 0 aromatic heterocycles. The second-order valence-corrected chi connectivity index (χ2v) is 5.33. The zero-order valence-electron chi connectivity index (χ0n) is 11.3. The Labute approximate surface area is 105 Å². The number of piperidine rings is 1. The maximum absolute atomic E-state index is 3.27. The van der Waals surface area contributed by atoms with E-state index in [9.17, 15) is 0 Å². The van der Waals surface area contributed by atoms with E-state index in [4.69, 9.17) is 0 Å². The summed E-state index contributed by atoms with van der Waals surface area (Å²) < 4.78 is 0. The van der Waals surface area contributed by atoms with E-state index in [-0.39, 0.29) is 0 Å². The van der Waals surface area contributed by atoms with Crippen LogP contribution in [0.3, 0.4) is 0 Å². The second-order valence-electron chi connectivity index (χ2n) is 5.33. The molecule has 0 amide bonds. The van der Waals surface area contributed by atoms with Gasteiger partial charge in [0.25, 0.3) is 0 Å². The summed E-state index contributed by atoms with van der Waals surface area (Å²) in [6.07, 6.45) is 2.65. The van der Waals surface area contributed by atoms with E-state index in [0.29, 0.717) is 0 Å². The van der Waals surface area contributed by atoms with Gasteiger partial charge in [-0.1, -0.05) is 24.6 Å². The van der Waals surface area contributed by atoms with Gasteiger partial charge in [-0.05, 0) is 44.4 Å². The van der Waals surface area contributed by atoms with Crippen LogP contribution in [-0.4, -0.2) is 20.1 Å². The number of nitrogens with zero attached hydrogens (tertiary/aromatic N) is 1. The lowest BCUT2D eigenvalue weighted by Crippen LogP contribution is -2.33. The average molecular weight is 232 g/mol. The Morgan fingerprint density at radius 3 is 2.65 bits per heavy atom. The molecule has 1 heterocycles. The van der Waals surface area contributed by atoms with Crippen molar-refractivity contribution in [3.63, 3.8) is 0 Å². The summed E-state index contributed by atoms with van der Waals surface area (Å²) in [7, 11) is 2.02. The summed E-state index contributed by atoms with van der Waals surface area (Å²) in [6.45, 7) is 7.91. The summed E-state index contributed by atoms with van der Waals surface area (Å²) in [4.78, 5) is 2.55. The van der Waals surface area contributed by atoms with E-state index >= 15 is 0 Å². The molecule has 1 aliphatic heterocycles. The number of anilines is 1. The molecule has 0 unspecified atom stereocenters. The summed E-state index contributed by atoms with van der Waals surface area (Å²) in [5.74, 6) is 0.893. The highest BCUT2D eigenvalue weighted by Gasteiger charge is 2.17. The lowest BCUT2D eigenvalue weighted by atomic mass is 9.97. The molecule has 1 saturated heterocycles. The van der Waals surface area contributed by atoms with Gasteiger partial charge in [0.05, 0.1) is 0 Å². The Morgan fingerprint density at radius 1 is 1.29 bits per heavy atom. The molecule has 17 heavy (non-hydrogen) atoms. The van der Waals surface area contributed by atoms with Crippen LogP contribution in [0.15, 0.2) is 18.2 Å². The van der Waals surface area contributed by atoms with Crippen molar-refractivity contribution < 1.29 is 0 Å². The van der Waals surface area contributed by atoms with Crippen LogP contribution in [0.4, 0.5) is 5.69 Å². The largest absolute Gasteiger partial charge is 0.371 e. The van der Waals surface area contributed by atoms with Gasteiger partial charge in [0.1, 0.15) is 0 Å². The molecule has 94 valence electrons. The molecule has 0 aliphatic carbocycles. The quantitative estimate of drug-likeness (QED) is 0.862. The highest BCUT2D eigenvalue weighted by atomic mass is 15.1. The van der Waals surface area contributed by atoms with Crippen molar-refractivity contribution in [2.24, 2.45) is 5.92 Å². The number of hydrogen-bond donors (Lipinski definition) is 1. The van der Waals surface area contributed by atoms with E-state index in [1.807, 2.05) is 7.05 Å². The minimum absolute atomic E-state index is 0.893. The van der Waals surface area contributed by atoms with Crippen molar-refractivity contribution in [1.82, 2.24) is 5.32 Å². The van der Waals surface area contributed by atoms with Crippen molar-refractivity contribution >= 4 is 5.69 Å². The first-order valence-corrected chi connectivity index (χ1v) is 6.70. The topological polar surface area (TPSA) is 15.3 Å². The van der Waals surface area contributed by atoms with Gasteiger partial charge in [-0.3, -0.25) is 0 Å². The summed E-state index contributed by atoms with van der Waals surface area (Å²) in [5.41, 5.74) is 4.21. The van der Waals surface area contributed by atoms with E-state index in [1.54, 1.807) is 0 Å². The fourth-order valence-corrected chi connectivity index (χ4v) is 2.60. The second kappa shape index (κ2) is 5.54. The number of hydrogen-bond acceptors (Lipinski definition) is 2. The molecule has 2 heteroatoms. The average Bonchev–Trinajstić information content (AvgIpc) is 2.31. The van der Waals surface area contributed by atoms with Crippen LogP contribution in [-0.2, 0) is 6.54 Å². The summed E-state index contributed by atoms with van der Waals surface area (Å²) in [5, 5.41) is 3.27. The van der Waals surface area contributed by atoms with Gasteiger partial charge in [-0.25, -0.2) is 0 Å². The van der Waals surface area contributed by atoms with Crippen LogP contribution in [0.1, 0.15) is 30.9 Å². The third-order valence-corrected chi connectivity index (χ3v) is 3.73. The van der Waals surface area contributed by atoms with Gasteiger partial charge in [0.2, 0.25) is 0 Å². The molecule has 0 bridgehead atoms. The van der Waals surface area contributed by atoms with E-state index in [0.717, 1.165) is 12.5 Å². The predicted octanol–water partition coefficient (Wildman–Crippen LogP) is 2.95. The molecule has 1 aromatic rings. The third kappa shape index (κ3) is 3.01. The molecular weight excluding hydrogens is 208 g/mol. The van der Waals surface area contributed by atoms with Gasteiger partial charge in [-0.15, -0.1) is 0 Å². The highest BCUT2D eigenvalue weighted by molar-refractivity contribution is 5.55. The fourth-order valence-electron chi connectivity index (χ4n) is 2.60. The van der Waals surface area contributed by atoms with Crippen molar-refractivity contribution in [1.29, 1.82) is 0 Å². The molecule has 2 rings (SSSR count). The molecule has 0 atom stereocenters. The summed E-state index contributed by atoms with van der Waals surface area (Å²) >= 11 is 0. The van der Waals surface area contributed by atoms with Crippen LogP contribution < -0.4 is 10.2 Å². The standard InChI is InChI=1S/C15H24N2/c1-12-6-8-17(9-7-12)15-5-4-13(2)10-14(15)11-16-3/h4-5,10,12,16H,6-9,11H2,1-3H3. The molecule has 2 nitrogen and oxygen atoms in total. The van der Waals surface area contributed by atoms with Crippen molar-refractivity contribution in [2.45, 2.75) is 33.2 Å². The predicted molar refractivity (Wildman–Crippen MR) is 74.6 cm³/mol. The fraction of sp³-hybridized carbons (Fsp3) is 0.600. The molecule has 1 aromatic carbocycles. The van der Waals surface area contributed by atoms with Crippen LogP contribution in [0.25, 0.3) is 0 Å². The van der Waals surface area contributed by atoms with Gasteiger partial charge >= 0.3 is 0 Å². The molecule has 0 saturated carbocycles. The lowest BCUT2D eigenvalue weighted by molar-refractivity contribution is 0.438. The maximum atomic E-state index is 3.27. The number of benzene rings is 1. The van der Waals surface area contributed by atoms with Crippen molar-refractivity contribution in [3.8, 4) is 0 Å². The minimum atomic E-state index is 0.893. The van der Waals surface area contributed by atoms with Gasteiger partial charge in [0, 0.05) is 25.3 Å². The Bertz CT molecular complexity index is 365. The van der Waals surface area contributed by atoms with E-state index in [2.05, 4.69) is 42.3 Å². The molecule has 0 radical (unpaired) electrons. The third-order valence-electron chi connectivity index (χ3n) is 3.73. The molecule has 1 N–H and O–H groups in total. The van der Waals surface area contributed by atoms with Crippen LogP contribution in [0.5, 0.6) is 0 Å². The Hall–Kier alpha value is -1.02. The Balaban J connectivity index is 2.18. The highest BCUT2D eigenvalue weighted by Crippen LogP contribution is 2.27. The minimum Gasteiger partial charge on any atom is -0.371 e.